The van der Waals surface area contributed by atoms with Crippen molar-refractivity contribution in [1.29, 1.82) is 0 Å². The molecule has 0 radical (unpaired) electrons. The van der Waals surface area contributed by atoms with E-state index >= 15 is 0 Å². The van der Waals surface area contributed by atoms with Gasteiger partial charge in [0.1, 0.15) is 0 Å². The summed E-state index contributed by atoms with van der Waals surface area (Å²) in [5, 5.41) is 0. The molecule has 310 valence electrons. The second-order valence-electron chi connectivity index (χ2n) is 13.0. The van der Waals surface area contributed by atoms with Gasteiger partial charge >= 0.3 is 73.4 Å². The number of rotatable bonds is 5. The number of halogens is 4. The molecule has 7 rings (SSSR count). The zero-order chi connectivity index (χ0) is 42.0. The van der Waals surface area contributed by atoms with Crippen LogP contribution in [0.15, 0.2) is 125 Å². The van der Waals surface area contributed by atoms with Crippen LogP contribution in [0.4, 0.5) is 11.4 Å². The van der Waals surface area contributed by atoms with Crippen LogP contribution in [0.1, 0.15) is 58.7 Å². The van der Waals surface area contributed by atoms with Gasteiger partial charge in [0.15, 0.2) is 0 Å². The van der Waals surface area contributed by atoms with Crippen LogP contribution in [0.5, 0.6) is 0 Å². The van der Waals surface area contributed by atoms with E-state index in [4.69, 9.17) is 24.1 Å². The topological polar surface area (TPSA) is 50.7 Å². The van der Waals surface area contributed by atoms with Crippen LogP contribution in [0.3, 0.4) is 0 Å². The fourth-order valence-corrected chi connectivity index (χ4v) is 8.38. The van der Waals surface area contributed by atoms with Crippen molar-refractivity contribution in [1.82, 2.24) is 9.97 Å². The summed E-state index contributed by atoms with van der Waals surface area (Å²) in [6.07, 6.45) is 11.0. The Morgan fingerprint density at radius 3 is 1.44 bits per heavy atom. The van der Waals surface area contributed by atoms with Gasteiger partial charge in [-0.2, -0.15) is 6.67 Å². The standard InChI is InChI=1S/C21H27N2.C7H6.2C5H4BrN.2C4H8O.2ClH.Ru/c1-14-9-16(3)20(17(4)10-14)22-7-8-23(13-22)21-18(5)11-15(2)12-19(21)6;1-7-5-3-2-4-6-7;2*6-5-2-1-3-7-4-5;1-2-4-5-3-1;1-3-5-4-2;;;/h9-13H,7-8H2,1-6H3;1-6H;2*1-4H;1-4H2;3H,1,4H2,2H3;2*1H;/q-1;;;;;;;;+2/p-2. The van der Waals surface area contributed by atoms with E-state index in [-0.39, 0.29) is 0 Å². The van der Waals surface area contributed by atoms with Crippen molar-refractivity contribution in [2.24, 2.45) is 0 Å². The number of benzene rings is 3. The van der Waals surface area contributed by atoms with Crippen LogP contribution in [-0.2, 0) is 23.0 Å². The summed E-state index contributed by atoms with van der Waals surface area (Å²) in [5.74, 6) is 0. The van der Waals surface area contributed by atoms with Gasteiger partial charge < -0.3 is 19.3 Å². The number of anilines is 2. The van der Waals surface area contributed by atoms with Crippen LogP contribution in [0, 0.1) is 48.2 Å². The third-order valence-corrected chi connectivity index (χ3v) is 10.9. The molecule has 11 heteroatoms. The summed E-state index contributed by atoms with van der Waals surface area (Å²) in [6, 6.07) is 26.6. The molecule has 4 heterocycles. The van der Waals surface area contributed by atoms with Crippen molar-refractivity contribution in [3.8, 4) is 0 Å². The van der Waals surface area contributed by atoms with Gasteiger partial charge in [-0.1, -0.05) is 42.0 Å². The first-order chi connectivity index (χ1) is 27.4. The molecule has 2 aliphatic heterocycles. The fraction of sp³-hybridized carbons (Fsp3) is 0.304. The van der Waals surface area contributed by atoms with Crippen LogP contribution in [-0.4, -0.2) is 47.5 Å². The summed E-state index contributed by atoms with van der Waals surface area (Å²) in [4.78, 5) is 12.5. The molecule has 0 spiro atoms. The zero-order valence-corrected chi connectivity index (χ0v) is 40.6. The van der Waals surface area contributed by atoms with E-state index in [1.165, 1.54) is 63.9 Å². The van der Waals surface area contributed by atoms with Crippen molar-refractivity contribution in [3.63, 3.8) is 0 Å². The molecule has 3 aromatic carbocycles. The first-order valence-electron chi connectivity index (χ1n) is 18.7. The molecule has 0 N–H and O–H groups in total. The van der Waals surface area contributed by atoms with Crippen molar-refractivity contribution < 1.29 is 23.0 Å². The second-order valence-corrected chi connectivity index (χ2v) is 20.6. The Morgan fingerprint density at radius 1 is 0.737 bits per heavy atom. The first kappa shape index (κ1) is 50.2. The summed E-state index contributed by atoms with van der Waals surface area (Å²) in [6.45, 7) is 25.5. The third-order valence-electron chi connectivity index (χ3n) is 8.06. The van der Waals surface area contributed by atoms with Crippen molar-refractivity contribution in [2.75, 3.05) is 42.7 Å². The molecule has 6 nitrogen and oxygen atoms in total. The molecule has 2 saturated heterocycles. The Kier molecular flexibility index (Phi) is 25.8. The molecule has 2 aliphatic rings. The van der Waals surface area contributed by atoms with Crippen LogP contribution in [0.25, 0.3) is 0 Å². The van der Waals surface area contributed by atoms with Crippen LogP contribution >= 0.6 is 51.2 Å². The Bertz CT molecular complexity index is 1740. The molecular weight excluding hydrogens is 972 g/mol. The third kappa shape index (κ3) is 21.1. The van der Waals surface area contributed by atoms with Crippen molar-refractivity contribution in [2.45, 2.75) is 61.3 Å². The summed E-state index contributed by atoms with van der Waals surface area (Å²) < 4.78 is 13.5. The Hall–Kier alpha value is -2.91. The summed E-state index contributed by atoms with van der Waals surface area (Å²) in [5.41, 5.74) is 12.0. The molecule has 0 unspecified atom stereocenters. The van der Waals surface area contributed by atoms with Gasteiger partial charge in [0.05, 0.1) is 12.9 Å². The Balaban J connectivity index is 0.000000271. The number of hydrogen-bond donors (Lipinski definition) is 0. The van der Waals surface area contributed by atoms with Gasteiger partial charge in [0.25, 0.3) is 0 Å². The SMILES string of the molecule is Brc1cccnc1.Brc1cccnc1.C1CCOC1.C=COCC.Cc1cc(C)c(N2[CH-]N(c3c(C)cc(C)cc3C)CC2)c(C)c1.[Cl][Ru]([Cl])=[CH]c1ccccc1. The average Bonchev–Trinajstić information content (AvgIpc) is 3.90. The van der Waals surface area contributed by atoms with E-state index < -0.39 is 13.5 Å². The average molecular weight is 1030 g/mol. The molecule has 2 aromatic heterocycles. The monoisotopic (exact) mass is 1030 g/mol. The fourth-order valence-electron chi connectivity index (χ4n) is 6.01. The van der Waals surface area contributed by atoms with E-state index in [1.807, 2.05) is 66.1 Å². The molecule has 0 amide bonds. The number of hydrogen-bond acceptors (Lipinski definition) is 6. The maximum atomic E-state index is 5.67. The molecule has 5 aromatic rings. The normalized spacial score (nSPS) is 12.6. The minimum absolute atomic E-state index is 0.726. The predicted molar refractivity (Wildman–Crippen MR) is 249 cm³/mol. The number of aromatic nitrogens is 2. The molecule has 0 bridgehead atoms. The molecule has 0 aliphatic carbocycles. The first-order valence-corrected chi connectivity index (χ1v) is 25.8. The molecule has 57 heavy (non-hydrogen) atoms. The number of nitrogens with zero attached hydrogens (tertiary/aromatic N) is 4. The zero-order valence-electron chi connectivity index (χ0n) is 34.2. The van der Waals surface area contributed by atoms with Gasteiger partial charge in [0.2, 0.25) is 0 Å². The summed E-state index contributed by atoms with van der Waals surface area (Å²) >= 11 is 4.88. The molecule has 0 saturated carbocycles. The maximum absolute atomic E-state index is 5.67. The van der Waals surface area contributed by atoms with Crippen molar-refractivity contribution in [3.05, 3.63) is 171 Å². The van der Waals surface area contributed by atoms with Gasteiger partial charge in [-0.25, -0.2) is 0 Å². The Labute approximate surface area is 372 Å². The van der Waals surface area contributed by atoms with Crippen LogP contribution < -0.4 is 9.80 Å². The van der Waals surface area contributed by atoms with Gasteiger partial charge in [0, 0.05) is 71.4 Å². The number of pyridine rings is 2. The second kappa shape index (κ2) is 29.3. The van der Waals surface area contributed by atoms with E-state index in [2.05, 4.69) is 135 Å². The van der Waals surface area contributed by atoms with Gasteiger partial charge in [-0.15, -0.1) is 0 Å². The molecular formula is C46H57Br2Cl2N4O2Ru-. The van der Waals surface area contributed by atoms with Gasteiger partial charge in [-0.05, 0) is 140 Å². The predicted octanol–water partition coefficient (Wildman–Crippen LogP) is 13.4. The summed E-state index contributed by atoms with van der Waals surface area (Å²) in [7, 11) is 11.3. The van der Waals surface area contributed by atoms with Crippen molar-refractivity contribution >= 4 is 67.2 Å². The molecule has 0 atom stereocenters. The Morgan fingerprint density at radius 2 is 1.18 bits per heavy atom. The van der Waals surface area contributed by atoms with Gasteiger partial charge in [-0.3, -0.25) is 9.97 Å². The van der Waals surface area contributed by atoms with E-state index in [0.717, 1.165) is 47.4 Å². The molecule has 2 fully saturated rings. The van der Waals surface area contributed by atoms with E-state index in [0.29, 0.717) is 0 Å². The van der Waals surface area contributed by atoms with E-state index in [9.17, 15) is 0 Å². The van der Waals surface area contributed by atoms with Crippen LogP contribution in [0.2, 0.25) is 0 Å². The minimum atomic E-state index is -1.61. The van der Waals surface area contributed by atoms with E-state index in [1.54, 1.807) is 24.8 Å². The number of aryl methyl sites for hydroxylation is 6. The number of ether oxygens (including phenoxy) is 2. The quantitative estimate of drug-likeness (QED) is 0.0993.